The van der Waals surface area contributed by atoms with Crippen LogP contribution >= 0.6 is 15.9 Å². The van der Waals surface area contributed by atoms with Crippen LogP contribution in [-0.4, -0.2) is 5.33 Å². The van der Waals surface area contributed by atoms with Crippen LogP contribution in [0.25, 0.3) is 6.08 Å². The summed E-state index contributed by atoms with van der Waals surface area (Å²) in [5.41, 5.74) is 1.19. The predicted molar refractivity (Wildman–Crippen MR) is 80.4 cm³/mol. The standard InChI is InChI=1S/C16H15BrO/c17-13-5-4-6-14-9-11-16(12-10-14)18-15-7-2-1-3-8-15/h1-4,6-12H,5,13H2. The highest BCUT2D eigenvalue weighted by Crippen LogP contribution is 2.21. The smallest absolute Gasteiger partial charge is 0.127 e. The number of rotatable bonds is 5. The van der Waals surface area contributed by atoms with Crippen molar-refractivity contribution in [1.29, 1.82) is 0 Å². The Labute approximate surface area is 116 Å². The molecule has 0 heterocycles. The zero-order valence-electron chi connectivity index (χ0n) is 10.1. The first kappa shape index (κ1) is 12.9. The lowest BCUT2D eigenvalue weighted by Gasteiger charge is -2.05. The Morgan fingerprint density at radius 1 is 0.889 bits per heavy atom. The van der Waals surface area contributed by atoms with Gasteiger partial charge in [-0.25, -0.2) is 0 Å². The van der Waals surface area contributed by atoms with Crippen molar-refractivity contribution in [1.82, 2.24) is 0 Å². The van der Waals surface area contributed by atoms with E-state index >= 15 is 0 Å². The third-order valence-electron chi connectivity index (χ3n) is 2.45. The highest BCUT2D eigenvalue weighted by molar-refractivity contribution is 9.09. The third-order valence-corrected chi connectivity index (χ3v) is 2.90. The molecule has 2 aromatic rings. The van der Waals surface area contributed by atoms with E-state index in [4.69, 9.17) is 4.74 Å². The van der Waals surface area contributed by atoms with Gasteiger partial charge in [0.25, 0.3) is 0 Å². The predicted octanol–water partition coefficient (Wildman–Crippen LogP) is 5.28. The molecule has 92 valence electrons. The van der Waals surface area contributed by atoms with E-state index in [1.165, 1.54) is 5.56 Å². The number of halogens is 1. The number of benzene rings is 2. The zero-order valence-corrected chi connectivity index (χ0v) is 11.6. The number of allylic oxidation sites excluding steroid dienone is 1. The first-order valence-corrected chi connectivity index (χ1v) is 7.06. The van der Waals surface area contributed by atoms with Gasteiger partial charge < -0.3 is 4.74 Å². The van der Waals surface area contributed by atoms with E-state index in [1.807, 2.05) is 42.5 Å². The Morgan fingerprint density at radius 3 is 2.22 bits per heavy atom. The number of hydrogen-bond acceptors (Lipinski definition) is 1. The van der Waals surface area contributed by atoms with Crippen LogP contribution in [0.4, 0.5) is 0 Å². The number of hydrogen-bond donors (Lipinski definition) is 0. The number of alkyl halides is 1. The van der Waals surface area contributed by atoms with Gasteiger partial charge in [0.15, 0.2) is 0 Å². The number of para-hydroxylation sites is 1. The minimum Gasteiger partial charge on any atom is -0.457 e. The lowest BCUT2D eigenvalue weighted by atomic mass is 10.2. The van der Waals surface area contributed by atoms with Crippen LogP contribution in [0.1, 0.15) is 12.0 Å². The van der Waals surface area contributed by atoms with E-state index in [-0.39, 0.29) is 0 Å². The second-order valence-corrected chi connectivity index (χ2v) is 4.66. The Kier molecular flexibility index (Phi) is 5.03. The summed E-state index contributed by atoms with van der Waals surface area (Å²) >= 11 is 3.40. The molecule has 2 aromatic carbocycles. The van der Waals surface area contributed by atoms with Crippen molar-refractivity contribution in [2.75, 3.05) is 5.33 Å². The Balaban J connectivity index is 2.00. The molecule has 0 amide bonds. The summed E-state index contributed by atoms with van der Waals surface area (Å²) < 4.78 is 5.73. The van der Waals surface area contributed by atoms with E-state index in [9.17, 15) is 0 Å². The summed E-state index contributed by atoms with van der Waals surface area (Å²) in [6.45, 7) is 0. The Bertz CT molecular complexity index is 488. The summed E-state index contributed by atoms with van der Waals surface area (Å²) in [5.74, 6) is 1.72. The van der Waals surface area contributed by atoms with E-state index in [0.29, 0.717) is 0 Å². The minimum absolute atomic E-state index is 0.860. The van der Waals surface area contributed by atoms with Crippen molar-refractivity contribution in [3.05, 3.63) is 66.2 Å². The maximum absolute atomic E-state index is 5.73. The van der Waals surface area contributed by atoms with Crippen LogP contribution in [0.2, 0.25) is 0 Å². The van der Waals surface area contributed by atoms with Crippen LogP contribution in [0.15, 0.2) is 60.7 Å². The van der Waals surface area contributed by atoms with Gasteiger partial charge >= 0.3 is 0 Å². The molecule has 0 spiro atoms. The van der Waals surface area contributed by atoms with Crippen molar-refractivity contribution in [2.45, 2.75) is 6.42 Å². The molecule has 0 unspecified atom stereocenters. The van der Waals surface area contributed by atoms with Crippen molar-refractivity contribution >= 4 is 22.0 Å². The van der Waals surface area contributed by atoms with Crippen molar-refractivity contribution in [3.8, 4) is 11.5 Å². The fraction of sp³-hybridized carbons (Fsp3) is 0.125. The zero-order chi connectivity index (χ0) is 12.6. The van der Waals surface area contributed by atoms with Crippen LogP contribution in [0, 0.1) is 0 Å². The first-order chi connectivity index (χ1) is 8.88. The van der Waals surface area contributed by atoms with E-state index in [2.05, 4.69) is 40.2 Å². The summed E-state index contributed by atoms with van der Waals surface area (Å²) in [6, 6.07) is 17.9. The molecule has 0 atom stereocenters. The van der Waals surface area contributed by atoms with Gasteiger partial charge in [-0.1, -0.05) is 58.4 Å². The van der Waals surface area contributed by atoms with Gasteiger partial charge in [-0.3, -0.25) is 0 Å². The molecular formula is C16H15BrO. The molecule has 0 radical (unpaired) electrons. The van der Waals surface area contributed by atoms with Crippen LogP contribution in [0.5, 0.6) is 11.5 Å². The third kappa shape index (κ3) is 4.04. The molecule has 0 aliphatic rings. The van der Waals surface area contributed by atoms with Crippen LogP contribution < -0.4 is 4.74 Å². The molecule has 0 N–H and O–H groups in total. The molecule has 0 fully saturated rings. The summed E-state index contributed by atoms with van der Waals surface area (Å²) in [6.07, 6.45) is 5.32. The van der Waals surface area contributed by atoms with Crippen molar-refractivity contribution < 1.29 is 4.74 Å². The second kappa shape index (κ2) is 7.02. The fourth-order valence-electron chi connectivity index (χ4n) is 1.55. The molecule has 0 saturated carbocycles. The largest absolute Gasteiger partial charge is 0.457 e. The molecule has 2 heteroatoms. The van der Waals surface area contributed by atoms with Crippen LogP contribution in [0.3, 0.4) is 0 Å². The first-order valence-electron chi connectivity index (χ1n) is 5.94. The molecule has 2 rings (SSSR count). The molecule has 0 bridgehead atoms. The lowest BCUT2D eigenvalue weighted by Crippen LogP contribution is -1.83. The average Bonchev–Trinajstić information content (AvgIpc) is 2.42. The van der Waals surface area contributed by atoms with E-state index in [0.717, 1.165) is 23.2 Å². The van der Waals surface area contributed by atoms with E-state index < -0.39 is 0 Å². The second-order valence-electron chi connectivity index (χ2n) is 3.86. The van der Waals surface area contributed by atoms with Crippen molar-refractivity contribution in [2.24, 2.45) is 0 Å². The molecule has 1 nitrogen and oxygen atoms in total. The monoisotopic (exact) mass is 302 g/mol. The molecule has 18 heavy (non-hydrogen) atoms. The van der Waals surface area contributed by atoms with Gasteiger partial charge in [-0.2, -0.15) is 0 Å². The summed E-state index contributed by atoms with van der Waals surface area (Å²) in [4.78, 5) is 0. The Hall–Kier alpha value is -1.54. The SMILES string of the molecule is BrCCC=Cc1ccc(Oc2ccccc2)cc1. The molecule has 0 aromatic heterocycles. The van der Waals surface area contributed by atoms with Gasteiger partial charge in [-0.05, 0) is 36.2 Å². The molecule has 0 aliphatic heterocycles. The quantitative estimate of drug-likeness (QED) is 0.683. The molecule has 0 aliphatic carbocycles. The fourth-order valence-corrected chi connectivity index (χ4v) is 1.82. The van der Waals surface area contributed by atoms with Gasteiger partial charge in [0.2, 0.25) is 0 Å². The van der Waals surface area contributed by atoms with Gasteiger partial charge in [0.1, 0.15) is 11.5 Å². The lowest BCUT2D eigenvalue weighted by molar-refractivity contribution is 0.482. The average molecular weight is 303 g/mol. The highest BCUT2D eigenvalue weighted by atomic mass is 79.9. The van der Waals surface area contributed by atoms with Crippen LogP contribution in [-0.2, 0) is 0 Å². The van der Waals surface area contributed by atoms with Gasteiger partial charge in [0.05, 0.1) is 0 Å². The van der Waals surface area contributed by atoms with Gasteiger partial charge in [-0.15, -0.1) is 0 Å². The van der Waals surface area contributed by atoms with Gasteiger partial charge in [0, 0.05) is 5.33 Å². The minimum atomic E-state index is 0.860. The maximum atomic E-state index is 5.73. The number of ether oxygens (including phenoxy) is 1. The topological polar surface area (TPSA) is 9.23 Å². The highest BCUT2D eigenvalue weighted by Gasteiger charge is 1.95. The summed E-state index contributed by atoms with van der Waals surface area (Å²) in [7, 11) is 0. The molecular weight excluding hydrogens is 288 g/mol. The summed E-state index contributed by atoms with van der Waals surface area (Å²) in [5, 5.41) is 0.999. The van der Waals surface area contributed by atoms with Crippen molar-refractivity contribution in [3.63, 3.8) is 0 Å². The molecule has 0 saturated heterocycles. The maximum Gasteiger partial charge on any atom is 0.127 e. The van der Waals surface area contributed by atoms with E-state index in [1.54, 1.807) is 0 Å². The normalized spacial score (nSPS) is 10.7. The Morgan fingerprint density at radius 2 is 1.56 bits per heavy atom.